The molecule has 1 aromatic carbocycles. The molecule has 1 aromatic heterocycles. The van der Waals surface area contributed by atoms with Crippen molar-refractivity contribution in [3.63, 3.8) is 0 Å². The second kappa shape index (κ2) is 8.13. The van der Waals surface area contributed by atoms with E-state index in [1.807, 2.05) is 38.8 Å². The minimum Gasteiger partial charge on any atom is -0.374 e. The van der Waals surface area contributed by atoms with Gasteiger partial charge in [-0.05, 0) is 45.4 Å². The average molecular weight is 334 g/mol. The summed E-state index contributed by atoms with van der Waals surface area (Å²) in [5, 5.41) is 7.19. The third-order valence-corrected chi connectivity index (χ3v) is 4.09. The molecule has 1 unspecified atom stereocenters. The summed E-state index contributed by atoms with van der Waals surface area (Å²) in [6.07, 6.45) is 2.95. The van der Waals surface area contributed by atoms with Crippen LogP contribution in [0.2, 0.25) is 0 Å². The second-order valence-corrected chi connectivity index (χ2v) is 6.39. The van der Waals surface area contributed by atoms with E-state index in [4.69, 9.17) is 4.52 Å². The first-order valence-corrected chi connectivity index (χ1v) is 8.53. The third kappa shape index (κ3) is 4.46. The lowest BCUT2D eigenvalue weighted by atomic mass is 10.2. The van der Waals surface area contributed by atoms with Crippen LogP contribution < -0.4 is 10.2 Å². The average Bonchev–Trinajstić information content (AvgIpc) is 3.01. The number of halogens is 1. The van der Waals surface area contributed by atoms with Crippen molar-refractivity contribution in [2.24, 2.45) is 0 Å². The van der Waals surface area contributed by atoms with E-state index in [1.54, 1.807) is 6.07 Å². The highest BCUT2D eigenvalue weighted by molar-refractivity contribution is 5.56. The van der Waals surface area contributed by atoms with Crippen LogP contribution in [0.1, 0.15) is 58.3 Å². The monoisotopic (exact) mass is 334 g/mol. The molecule has 0 fully saturated rings. The number of rotatable bonds is 8. The molecule has 24 heavy (non-hydrogen) atoms. The molecule has 1 N–H and O–H groups in total. The second-order valence-electron chi connectivity index (χ2n) is 6.39. The predicted octanol–water partition coefficient (Wildman–Crippen LogP) is 4.57. The van der Waals surface area contributed by atoms with Crippen molar-refractivity contribution in [1.82, 2.24) is 10.1 Å². The molecular formula is C18H27FN4O. The normalized spacial score (nSPS) is 12.5. The smallest absolute Gasteiger partial charge is 0.248 e. The van der Waals surface area contributed by atoms with Gasteiger partial charge in [0.1, 0.15) is 11.9 Å². The van der Waals surface area contributed by atoms with E-state index < -0.39 is 0 Å². The number of benzene rings is 1. The molecule has 5 nitrogen and oxygen atoms in total. The Labute approximate surface area is 143 Å². The standard InChI is InChI=1S/C18H27FN4O/c1-6-7-8-17-21-18(24-22-17)13(4)20-14-9-10-16(15(19)11-14)23(5)12(2)3/h9-13,20H,6-8H2,1-5H3. The molecule has 2 rings (SSSR count). The van der Waals surface area contributed by atoms with Crippen LogP contribution in [-0.2, 0) is 6.42 Å². The zero-order valence-electron chi connectivity index (χ0n) is 15.1. The summed E-state index contributed by atoms with van der Waals surface area (Å²) in [7, 11) is 1.88. The molecule has 1 heterocycles. The first-order valence-electron chi connectivity index (χ1n) is 8.53. The quantitative estimate of drug-likeness (QED) is 0.766. The number of anilines is 2. The molecule has 132 valence electrons. The summed E-state index contributed by atoms with van der Waals surface area (Å²) in [4.78, 5) is 6.30. The maximum absolute atomic E-state index is 14.3. The number of aryl methyl sites for hydroxylation is 1. The number of unbranched alkanes of at least 4 members (excludes halogenated alkanes) is 1. The summed E-state index contributed by atoms with van der Waals surface area (Å²) in [6, 6.07) is 5.20. The SMILES string of the molecule is CCCCc1noc(C(C)Nc2ccc(N(C)C(C)C)c(F)c2)n1. The molecular weight excluding hydrogens is 307 g/mol. The van der Waals surface area contributed by atoms with Gasteiger partial charge in [0.05, 0.1) is 5.69 Å². The minimum absolute atomic E-state index is 0.180. The zero-order valence-corrected chi connectivity index (χ0v) is 15.1. The fourth-order valence-corrected chi connectivity index (χ4v) is 2.35. The van der Waals surface area contributed by atoms with Crippen LogP contribution in [0.4, 0.5) is 15.8 Å². The predicted molar refractivity (Wildman–Crippen MR) is 94.9 cm³/mol. The Bertz CT molecular complexity index is 656. The molecule has 0 saturated heterocycles. The van der Waals surface area contributed by atoms with E-state index in [-0.39, 0.29) is 17.9 Å². The van der Waals surface area contributed by atoms with E-state index in [1.165, 1.54) is 6.07 Å². The van der Waals surface area contributed by atoms with Gasteiger partial charge in [-0.3, -0.25) is 0 Å². The van der Waals surface area contributed by atoms with Crippen molar-refractivity contribution in [3.05, 3.63) is 35.7 Å². The van der Waals surface area contributed by atoms with Crippen LogP contribution in [0, 0.1) is 5.82 Å². The van der Waals surface area contributed by atoms with Crippen LogP contribution in [0.5, 0.6) is 0 Å². The van der Waals surface area contributed by atoms with Gasteiger partial charge >= 0.3 is 0 Å². The molecule has 0 bridgehead atoms. The number of nitrogens with zero attached hydrogens (tertiary/aromatic N) is 3. The summed E-state index contributed by atoms with van der Waals surface area (Å²) >= 11 is 0. The van der Waals surface area contributed by atoms with Crippen molar-refractivity contribution < 1.29 is 8.91 Å². The largest absolute Gasteiger partial charge is 0.374 e. The molecule has 0 spiro atoms. The molecule has 0 aliphatic heterocycles. The Morgan fingerprint density at radius 2 is 2.04 bits per heavy atom. The van der Waals surface area contributed by atoms with Gasteiger partial charge in [-0.1, -0.05) is 18.5 Å². The molecule has 0 radical (unpaired) electrons. The van der Waals surface area contributed by atoms with Gasteiger partial charge in [0.25, 0.3) is 0 Å². The van der Waals surface area contributed by atoms with Gasteiger partial charge in [-0.25, -0.2) is 4.39 Å². The Morgan fingerprint density at radius 1 is 1.29 bits per heavy atom. The van der Waals surface area contributed by atoms with Crippen molar-refractivity contribution in [1.29, 1.82) is 0 Å². The highest BCUT2D eigenvalue weighted by Crippen LogP contribution is 2.25. The Balaban J connectivity index is 2.05. The molecule has 0 saturated carbocycles. The van der Waals surface area contributed by atoms with Gasteiger partial charge < -0.3 is 14.7 Å². The first-order chi connectivity index (χ1) is 11.4. The van der Waals surface area contributed by atoms with Crippen molar-refractivity contribution in [2.75, 3.05) is 17.3 Å². The van der Waals surface area contributed by atoms with Gasteiger partial charge in [0.15, 0.2) is 5.82 Å². The number of hydrogen-bond acceptors (Lipinski definition) is 5. The molecule has 2 aromatic rings. The van der Waals surface area contributed by atoms with Crippen LogP contribution in [0.15, 0.2) is 22.7 Å². The first kappa shape index (κ1) is 18.2. The molecule has 0 aliphatic rings. The minimum atomic E-state index is -0.252. The van der Waals surface area contributed by atoms with Crippen LogP contribution in [-0.4, -0.2) is 23.2 Å². The lowest BCUT2D eigenvalue weighted by Gasteiger charge is -2.24. The molecule has 6 heteroatoms. The molecule has 0 amide bonds. The van der Waals surface area contributed by atoms with Gasteiger partial charge in [0.2, 0.25) is 5.89 Å². The van der Waals surface area contributed by atoms with Gasteiger partial charge in [-0.15, -0.1) is 0 Å². The van der Waals surface area contributed by atoms with Crippen LogP contribution >= 0.6 is 0 Å². The number of aromatic nitrogens is 2. The van der Waals surface area contributed by atoms with E-state index in [9.17, 15) is 4.39 Å². The Kier molecular flexibility index (Phi) is 6.17. The summed E-state index contributed by atoms with van der Waals surface area (Å²) in [6.45, 7) is 8.10. The topological polar surface area (TPSA) is 54.2 Å². The maximum Gasteiger partial charge on any atom is 0.248 e. The number of hydrogen-bond donors (Lipinski definition) is 1. The summed E-state index contributed by atoms with van der Waals surface area (Å²) < 4.78 is 19.6. The summed E-state index contributed by atoms with van der Waals surface area (Å²) in [5.41, 5.74) is 1.28. The maximum atomic E-state index is 14.3. The number of nitrogens with one attached hydrogen (secondary N) is 1. The molecule has 0 aliphatic carbocycles. The van der Waals surface area contributed by atoms with E-state index in [0.29, 0.717) is 17.3 Å². The zero-order chi connectivity index (χ0) is 17.7. The van der Waals surface area contributed by atoms with E-state index in [2.05, 4.69) is 22.4 Å². The lowest BCUT2D eigenvalue weighted by Crippen LogP contribution is -2.26. The van der Waals surface area contributed by atoms with Gasteiger partial charge in [0, 0.05) is 25.2 Å². The van der Waals surface area contributed by atoms with Crippen molar-refractivity contribution >= 4 is 11.4 Å². The fraction of sp³-hybridized carbons (Fsp3) is 0.556. The third-order valence-electron chi connectivity index (χ3n) is 4.09. The fourth-order valence-electron chi connectivity index (χ4n) is 2.35. The summed E-state index contributed by atoms with van der Waals surface area (Å²) in [5.74, 6) is 0.989. The highest BCUT2D eigenvalue weighted by Gasteiger charge is 2.16. The van der Waals surface area contributed by atoms with E-state index >= 15 is 0 Å². The van der Waals surface area contributed by atoms with Crippen molar-refractivity contribution in [3.8, 4) is 0 Å². The van der Waals surface area contributed by atoms with Gasteiger partial charge in [-0.2, -0.15) is 4.98 Å². The van der Waals surface area contributed by atoms with Crippen molar-refractivity contribution in [2.45, 2.75) is 59.0 Å². The highest BCUT2D eigenvalue weighted by atomic mass is 19.1. The Morgan fingerprint density at radius 3 is 2.67 bits per heavy atom. The van der Waals surface area contributed by atoms with Crippen LogP contribution in [0.3, 0.4) is 0 Å². The Hall–Kier alpha value is -2.11. The lowest BCUT2D eigenvalue weighted by molar-refractivity contribution is 0.362. The molecule has 1 atom stereocenters. The van der Waals surface area contributed by atoms with Crippen LogP contribution in [0.25, 0.3) is 0 Å². The van der Waals surface area contributed by atoms with E-state index in [0.717, 1.165) is 25.1 Å².